The number of rotatable bonds is 4. The van der Waals surface area contributed by atoms with E-state index >= 15 is 0 Å². The third kappa shape index (κ3) is 4.34. The fourth-order valence-corrected chi connectivity index (χ4v) is 2.43. The van der Waals surface area contributed by atoms with Crippen molar-refractivity contribution in [2.45, 2.75) is 40.5 Å². The molecule has 0 radical (unpaired) electrons. The Morgan fingerprint density at radius 2 is 1.96 bits per heavy atom. The smallest absolute Gasteiger partial charge is 0.434 e. The van der Waals surface area contributed by atoms with Crippen molar-refractivity contribution < 1.29 is 18.7 Å². The van der Waals surface area contributed by atoms with Crippen molar-refractivity contribution in [1.82, 2.24) is 0 Å². The summed E-state index contributed by atoms with van der Waals surface area (Å²) in [4.78, 5) is 11.5. The van der Waals surface area contributed by atoms with Crippen LogP contribution in [-0.2, 0) is 4.74 Å². The lowest BCUT2D eigenvalue weighted by molar-refractivity contribution is 0.104. The summed E-state index contributed by atoms with van der Waals surface area (Å²) in [5.74, 6) is 0.202. The van der Waals surface area contributed by atoms with Gasteiger partial charge in [0.25, 0.3) is 0 Å². The van der Waals surface area contributed by atoms with Crippen LogP contribution in [0.1, 0.15) is 51.7 Å². The van der Waals surface area contributed by atoms with Crippen molar-refractivity contribution >= 4 is 23.0 Å². The molecule has 0 aliphatic rings. The van der Waals surface area contributed by atoms with Gasteiger partial charge in [0.05, 0.1) is 6.61 Å². The summed E-state index contributed by atoms with van der Waals surface area (Å²) in [6, 6.07) is 6.50. The molecule has 0 aliphatic heterocycles. The number of carbonyl (C=O) groups excluding carboxylic acids is 1. The molecule has 0 amide bonds. The molecule has 0 saturated carbocycles. The van der Waals surface area contributed by atoms with E-state index in [9.17, 15) is 9.18 Å². The van der Waals surface area contributed by atoms with E-state index in [1.165, 1.54) is 12.1 Å². The van der Waals surface area contributed by atoms with Gasteiger partial charge in [-0.25, -0.2) is 9.18 Å². The van der Waals surface area contributed by atoms with Crippen molar-refractivity contribution in [3.8, 4) is 5.75 Å². The molecule has 0 atom stereocenters. The first-order valence-electron chi connectivity index (χ1n) is 8.21. The normalized spacial score (nSPS) is 10.1. The lowest BCUT2D eigenvalue weighted by Gasteiger charge is -2.15. The highest BCUT2D eigenvalue weighted by Crippen LogP contribution is 2.34. The predicted molar refractivity (Wildman–Crippen MR) is 97.1 cm³/mol. The maximum absolute atomic E-state index is 14.0. The summed E-state index contributed by atoms with van der Waals surface area (Å²) in [6.07, 6.45) is 0.762. The molecule has 0 unspecified atom stereocenters. The summed E-state index contributed by atoms with van der Waals surface area (Å²) in [5.41, 5.74) is 1.36. The minimum Gasteiger partial charge on any atom is -0.434 e. The number of benzene rings is 2. The van der Waals surface area contributed by atoms with Crippen molar-refractivity contribution in [3.05, 3.63) is 47.8 Å². The molecule has 4 heteroatoms. The van der Waals surface area contributed by atoms with Gasteiger partial charge in [0.1, 0.15) is 11.6 Å². The van der Waals surface area contributed by atoms with Gasteiger partial charge in [-0.15, -0.1) is 0 Å². The van der Waals surface area contributed by atoms with E-state index in [0.717, 1.165) is 16.3 Å². The van der Waals surface area contributed by atoms with Crippen LogP contribution in [0.4, 0.5) is 9.18 Å². The summed E-state index contributed by atoms with van der Waals surface area (Å²) in [5, 5.41) is 1.59. The second-order valence-corrected chi connectivity index (χ2v) is 5.22. The lowest BCUT2D eigenvalue weighted by Crippen LogP contribution is -2.10. The number of hydrogen-bond donors (Lipinski definition) is 0. The van der Waals surface area contributed by atoms with Gasteiger partial charge in [0, 0.05) is 5.56 Å². The summed E-state index contributed by atoms with van der Waals surface area (Å²) in [7, 11) is 0. The highest BCUT2D eigenvalue weighted by Gasteiger charge is 2.15. The van der Waals surface area contributed by atoms with Crippen LogP contribution in [0.2, 0.25) is 0 Å². The first-order chi connectivity index (χ1) is 11.5. The van der Waals surface area contributed by atoms with Gasteiger partial charge < -0.3 is 9.47 Å². The average Bonchev–Trinajstić information content (AvgIpc) is 2.56. The van der Waals surface area contributed by atoms with Crippen LogP contribution in [0, 0.1) is 5.82 Å². The van der Waals surface area contributed by atoms with E-state index in [-0.39, 0.29) is 18.3 Å². The van der Waals surface area contributed by atoms with Crippen molar-refractivity contribution in [3.63, 3.8) is 0 Å². The molecule has 0 bridgehead atoms. The molecule has 0 heterocycles. The molecule has 0 aliphatic carbocycles. The number of hydrogen-bond acceptors (Lipinski definition) is 3. The van der Waals surface area contributed by atoms with Crippen LogP contribution in [0.5, 0.6) is 5.75 Å². The van der Waals surface area contributed by atoms with Gasteiger partial charge in [-0.05, 0) is 47.4 Å². The molecule has 2 aromatic carbocycles. The molecule has 3 nitrogen and oxygen atoms in total. The van der Waals surface area contributed by atoms with Gasteiger partial charge in [-0.3, -0.25) is 0 Å². The highest BCUT2D eigenvalue weighted by atomic mass is 19.1. The summed E-state index contributed by atoms with van der Waals surface area (Å²) >= 11 is 0. The Labute approximate surface area is 143 Å². The predicted octanol–water partition coefficient (Wildman–Crippen LogP) is 6.31. The van der Waals surface area contributed by atoms with Crippen LogP contribution in [0.25, 0.3) is 16.8 Å². The van der Waals surface area contributed by atoms with E-state index in [4.69, 9.17) is 9.47 Å². The lowest BCUT2D eigenvalue weighted by atomic mass is 9.92. The monoisotopic (exact) mass is 332 g/mol. The Balaban J connectivity index is 0.00000139. The quantitative estimate of drug-likeness (QED) is 0.486. The zero-order chi connectivity index (χ0) is 18.3. The molecule has 0 aromatic heterocycles. The first-order valence-corrected chi connectivity index (χ1v) is 8.21. The Kier molecular flexibility index (Phi) is 7.43. The summed E-state index contributed by atoms with van der Waals surface area (Å²) < 4.78 is 24.0. The van der Waals surface area contributed by atoms with E-state index in [1.807, 2.05) is 27.7 Å². The molecular formula is C20H25FO3. The Morgan fingerprint density at radius 3 is 2.50 bits per heavy atom. The zero-order valence-electron chi connectivity index (χ0n) is 15.0. The van der Waals surface area contributed by atoms with Crippen molar-refractivity contribution in [2.75, 3.05) is 6.61 Å². The highest BCUT2D eigenvalue weighted by molar-refractivity contribution is 5.95. The number of fused-ring (bicyclic) bond motifs is 1. The van der Waals surface area contributed by atoms with Crippen LogP contribution < -0.4 is 4.74 Å². The average molecular weight is 332 g/mol. The molecule has 2 rings (SSSR count). The molecule has 0 fully saturated rings. The van der Waals surface area contributed by atoms with Gasteiger partial charge in [-0.2, -0.15) is 0 Å². The molecule has 0 N–H and O–H groups in total. The van der Waals surface area contributed by atoms with Gasteiger partial charge in [-0.1, -0.05) is 46.4 Å². The number of halogens is 1. The molecular weight excluding hydrogens is 307 g/mol. The van der Waals surface area contributed by atoms with Gasteiger partial charge in [0.2, 0.25) is 0 Å². The molecule has 0 spiro atoms. The van der Waals surface area contributed by atoms with Crippen LogP contribution in [-0.4, -0.2) is 12.8 Å². The Bertz CT molecular complexity index is 720. The van der Waals surface area contributed by atoms with Crippen LogP contribution in [0.15, 0.2) is 30.8 Å². The second kappa shape index (κ2) is 9.06. The summed E-state index contributed by atoms with van der Waals surface area (Å²) in [6.45, 7) is 13.6. The van der Waals surface area contributed by atoms with Crippen LogP contribution in [0.3, 0.4) is 0 Å². The zero-order valence-corrected chi connectivity index (χ0v) is 15.0. The largest absolute Gasteiger partial charge is 0.513 e. The fourth-order valence-electron chi connectivity index (χ4n) is 2.43. The van der Waals surface area contributed by atoms with Crippen LogP contribution >= 0.6 is 0 Å². The SMILES string of the molecule is C=Cc1c(F)ccc2cc(OC(=O)OCC)cc(C(C)C)c12.CC. The van der Waals surface area contributed by atoms with E-state index in [1.54, 1.807) is 25.1 Å². The number of ether oxygens (including phenoxy) is 2. The molecule has 130 valence electrons. The van der Waals surface area contributed by atoms with Gasteiger partial charge in [0.15, 0.2) is 0 Å². The van der Waals surface area contributed by atoms with Crippen molar-refractivity contribution in [2.24, 2.45) is 0 Å². The van der Waals surface area contributed by atoms with E-state index in [2.05, 4.69) is 6.58 Å². The standard InChI is InChI=1S/C18H19FO3.C2H6/c1-5-14-16(19)8-7-12-9-13(22-18(20)21-6-2)10-15(11(3)4)17(12)14;1-2/h5,7-11H,1,6H2,2-4H3;1-2H3. The Hall–Kier alpha value is -2.36. The third-order valence-electron chi connectivity index (χ3n) is 3.40. The van der Waals surface area contributed by atoms with Crippen molar-refractivity contribution in [1.29, 1.82) is 0 Å². The molecule has 2 aromatic rings. The molecule has 24 heavy (non-hydrogen) atoms. The second-order valence-electron chi connectivity index (χ2n) is 5.22. The maximum Gasteiger partial charge on any atom is 0.513 e. The maximum atomic E-state index is 14.0. The molecule has 0 saturated heterocycles. The third-order valence-corrected chi connectivity index (χ3v) is 3.40. The topological polar surface area (TPSA) is 35.5 Å². The van der Waals surface area contributed by atoms with E-state index < -0.39 is 6.16 Å². The minimum atomic E-state index is -0.748. The fraction of sp³-hybridized carbons (Fsp3) is 0.350. The minimum absolute atomic E-state index is 0.133. The number of carbonyl (C=O) groups is 1. The first kappa shape index (κ1) is 19.7. The van der Waals surface area contributed by atoms with Gasteiger partial charge >= 0.3 is 6.16 Å². The van der Waals surface area contributed by atoms with E-state index in [0.29, 0.717) is 11.3 Å². The Morgan fingerprint density at radius 1 is 1.29 bits per heavy atom.